The number of carbonyl (C=O) groups excluding carboxylic acids is 1. The first kappa shape index (κ1) is 23.6. The van der Waals surface area contributed by atoms with Crippen LogP contribution < -0.4 is 5.43 Å². The van der Waals surface area contributed by atoms with Gasteiger partial charge in [-0.05, 0) is 55.3 Å². The summed E-state index contributed by atoms with van der Waals surface area (Å²) in [5, 5.41) is 3.46. The molecular formula is C21H18Cl3N4OY-. The standard InChI is InChI=1S/C21H18Cl3N4O.Y/c1-13-19(21(29)26-27-10-2-3-11-27)25-20(17-9-6-15(23)12-18(17)24)28(13)16-7-4-14(22)5-8-16;/h4-9,12H,1-3,10-11H2,(H,26,29);/q-1;. The van der Waals surface area contributed by atoms with E-state index in [4.69, 9.17) is 34.8 Å². The molecule has 2 aromatic carbocycles. The van der Waals surface area contributed by atoms with Gasteiger partial charge in [-0.2, -0.15) is 0 Å². The van der Waals surface area contributed by atoms with Gasteiger partial charge in [0.25, 0.3) is 0 Å². The van der Waals surface area contributed by atoms with Crippen LogP contribution in [0.25, 0.3) is 17.1 Å². The van der Waals surface area contributed by atoms with Gasteiger partial charge in [0.2, 0.25) is 5.91 Å². The van der Waals surface area contributed by atoms with Crippen molar-refractivity contribution < 1.29 is 37.5 Å². The second-order valence-electron chi connectivity index (χ2n) is 6.80. The van der Waals surface area contributed by atoms with Crippen molar-refractivity contribution in [2.24, 2.45) is 0 Å². The van der Waals surface area contributed by atoms with Gasteiger partial charge in [-0.3, -0.25) is 10.2 Å². The molecule has 30 heavy (non-hydrogen) atoms. The molecule has 5 nitrogen and oxygen atoms in total. The van der Waals surface area contributed by atoms with Gasteiger partial charge in [0.05, 0.1) is 5.02 Å². The monoisotopic (exact) mass is 536 g/mol. The second kappa shape index (κ2) is 10.0. The van der Waals surface area contributed by atoms with Crippen LogP contribution in [0.4, 0.5) is 0 Å². The van der Waals surface area contributed by atoms with Crippen LogP contribution in [-0.2, 0) is 32.7 Å². The molecule has 1 fully saturated rings. The number of imidazole rings is 1. The van der Waals surface area contributed by atoms with Gasteiger partial charge in [0.15, 0.2) is 0 Å². The number of halogens is 3. The Labute approximate surface area is 215 Å². The Morgan fingerprint density at radius 3 is 2.27 bits per heavy atom. The van der Waals surface area contributed by atoms with Crippen molar-refractivity contribution in [2.45, 2.75) is 12.8 Å². The van der Waals surface area contributed by atoms with Crippen molar-refractivity contribution in [1.82, 2.24) is 20.0 Å². The summed E-state index contributed by atoms with van der Waals surface area (Å²) in [6, 6.07) is 12.4. The van der Waals surface area contributed by atoms with E-state index in [0.29, 0.717) is 32.1 Å². The number of nitrogens with zero attached hydrogens (tertiary/aromatic N) is 3. The number of carbonyl (C=O) groups is 1. The molecule has 1 radical (unpaired) electrons. The third-order valence-corrected chi connectivity index (χ3v) is 5.61. The number of amides is 1. The van der Waals surface area contributed by atoms with Gasteiger partial charge in [0.1, 0.15) is 5.82 Å². The van der Waals surface area contributed by atoms with Crippen molar-refractivity contribution in [3.63, 3.8) is 0 Å². The topological polar surface area (TPSA) is 50.2 Å². The molecule has 4 rings (SSSR count). The van der Waals surface area contributed by atoms with E-state index in [1.165, 1.54) is 0 Å². The van der Waals surface area contributed by atoms with E-state index in [2.05, 4.69) is 17.3 Å². The smallest absolute Gasteiger partial charge is 0.203 e. The zero-order valence-corrected chi connectivity index (χ0v) is 21.1. The minimum absolute atomic E-state index is 0. The normalized spacial score (nSPS) is 13.8. The molecule has 1 amide bonds. The molecule has 3 aromatic rings. The second-order valence-corrected chi connectivity index (χ2v) is 8.08. The summed E-state index contributed by atoms with van der Waals surface area (Å²) in [5.41, 5.74) is 5.04. The molecule has 1 saturated heterocycles. The van der Waals surface area contributed by atoms with Crippen LogP contribution in [0.5, 0.6) is 0 Å². The van der Waals surface area contributed by atoms with Crippen LogP contribution in [-0.4, -0.2) is 33.6 Å². The van der Waals surface area contributed by atoms with Gasteiger partial charge in [0, 0.05) is 72.8 Å². The van der Waals surface area contributed by atoms with Crippen molar-refractivity contribution in [1.29, 1.82) is 0 Å². The summed E-state index contributed by atoms with van der Waals surface area (Å²) in [6.45, 7) is 5.78. The van der Waals surface area contributed by atoms with Gasteiger partial charge < -0.3 is 9.55 Å². The zero-order valence-electron chi connectivity index (χ0n) is 16.0. The number of hydrazine groups is 1. The Kier molecular flexibility index (Phi) is 7.88. The van der Waals surface area contributed by atoms with Gasteiger partial charge in [-0.15, -0.1) is 0 Å². The van der Waals surface area contributed by atoms with Crippen molar-refractivity contribution in [3.05, 3.63) is 75.8 Å². The van der Waals surface area contributed by atoms with Gasteiger partial charge >= 0.3 is 0 Å². The van der Waals surface area contributed by atoms with Crippen LogP contribution in [0, 0.1) is 6.92 Å². The molecule has 1 aliphatic heterocycles. The maximum absolute atomic E-state index is 12.9. The Morgan fingerprint density at radius 2 is 1.63 bits per heavy atom. The molecule has 0 spiro atoms. The first-order valence-corrected chi connectivity index (χ1v) is 10.3. The predicted molar refractivity (Wildman–Crippen MR) is 117 cm³/mol. The zero-order chi connectivity index (χ0) is 20.5. The summed E-state index contributed by atoms with van der Waals surface area (Å²) in [7, 11) is 0. The molecule has 1 aromatic heterocycles. The Hall–Kier alpha value is -1.08. The molecule has 153 valence electrons. The SMILES string of the molecule is [CH2-]c1c(C(=O)NN2CCCC2)nc(-c2ccc(Cl)cc2Cl)n1-c1ccc(Cl)cc1.[Y]. The quantitative estimate of drug-likeness (QED) is 0.452. The Bertz CT molecular complexity index is 1060. The summed E-state index contributed by atoms with van der Waals surface area (Å²) in [4.78, 5) is 17.5. The number of nitrogens with one attached hydrogen (secondary N) is 1. The number of benzene rings is 2. The van der Waals surface area contributed by atoms with E-state index in [0.717, 1.165) is 31.6 Å². The largest absolute Gasteiger partial charge is 0.329 e. The number of hydrogen-bond donors (Lipinski definition) is 1. The molecule has 0 unspecified atom stereocenters. The molecule has 0 atom stereocenters. The minimum atomic E-state index is -0.295. The predicted octanol–water partition coefficient (Wildman–Crippen LogP) is 5.42. The molecule has 1 N–H and O–H groups in total. The summed E-state index contributed by atoms with van der Waals surface area (Å²) < 4.78 is 1.80. The van der Waals surface area contributed by atoms with E-state index in [1.807, 2.05) is 17.1 Å². The number of hydrogen-bond acceptors (Lipinski definition) is 3. The van der Waals surface area contributed by atoms with E-state index in [1.54, 1.807) is 34.9 Å². The van der Waals surface area contributed by atoms with E-state index < -0.39 is 0 Å². The van der Waals surface area contributed by atoms with Crippen molar-refractivity contribution >= 4 is 40.7 Å². The van der Waals surface area contributed by atoms with Crippen LogP contribution >= 0.6 is 34.8 Å². The van der Waals surface area contributed by atoms with Crippen LogP contribution in [0.2, 0.25) is 15.1 Å². The molecule has 0 bridgehead atoms. The summed E-state index contributed by atoms with van der Waals surface area (Å²) in [6.07, 6.45) is 2.12. The van der Waals surface area contributed by atoms with Crippen molar-refractivity contribution in [2.75, 3.05) is 13.1 Å². The summed E-state index contributed by atoms with van der Waals surface area (Å²) >= 11 is 18.5. The Morgan fingerprint density at radius 1 is 1.00 bits per heavy atom. The Balaban J connectivity index is 0.00000256. The van der Waals surface area contributed by atoms with E-state index in [9.17, 15) is 4.79 Å². The fourth-order valence-corrected chi connectivity index (χ4v) is 4.00. The third-order valence-electron chi connectivity index (χ3n) is 4.81. The number of aromatic nitrogens is 2. The molecule has 9 heteroatoms. The van der Waals surface area contributed by atoms with E-state index in [-0.39, 0.29) is 44.3 Å². The van der Waals surface area contributed by atoms with Gasteiger partial charge in [-0.25, -0.2) is 11.9 Å². The molecular weight excluding hydrogens is 520 g/mol. The third kappa shape index (κ3) is 4.87. The first-order valence-electron chi connectivity index (χ1n) is 9.16. The van der Waals surface area contributed by atoms with Crippen LogP contribution in [0.1, 0.15) is 29.0 Å². The molecule has 1 aliphatic rings. The van der Waals surface area contributed by atoms with Crippen molar-refractivity contribution in [3.8, 4) is 17.1 Å². The maximum atomic E-state index is 12.9. The first-order chi connectivity index (χ1) is 13.9. The average Bonchev–Trinajstić information content (AvgIpc) is 3.30. The van der Waals surface area contributed by atoms with E-state index >= 15 is 0 Å². The maximum Gasteiger partial charge on any atom is 0.203 e. The number of rotatable bonds is 4. The minimum Gasteiger partial charge on any atom is -0.329 e. The van der Waals surface area contributed by atoms with Gasteiger partial charge in [-0.1, -0.05) is 40.5 Å². The molecule has 2 heterocycles. The summed E-state index contributed by atoms with van der Waals surface area (Å²) in [5.74, 6) is 0.210. The molecule has 0 saturated carbocycles. The average molecular weight is 538 g/mol. The fraction of sp³-hybridized carbons (Fsp3) is 0.190. The van der Waals surface area contributed by atoms with Crippen LogP contribution in [0.15, 0.2) is 42.5 Å². The molecule has 0 aliphatic carbocycles. The fourth-order valence-electron chi connectivity index (χ4n) is 3.38. The van der Waals surface area contributed by atoms with Crippen LogP contribution in [0.3, 0.4) is 0 Å².